The van der Waals surface area contributed by atoms with E-state index < -0.39 is 60.0 Å². The van der Waals surface area contributed by atoms with Gasteiger partial charge in [0.05, 0.1) is 19.6 Å². The second-order valence-corrected chi connectivity index (χ2v) is 13.2. The number of rotatable bonds is 16. The zero-order valence-corrected chi connectivity index (χ0v) is 30.7. The summed E-state index contributed by atoms with van der Waals surface area (Å²) in [6, 6.07) is 15.5. The van der Waals surface area contributed by atoms with Crippen molar-refractivity contribution in [2.75, 3.05) is 13.2 Å². The average Bonchev–Trinajstić information content (AvgIpc) is 3.94. The number of carbonyl (C=O) groups excluding carboxylic acids is 3. The largest absolute Gasteiger partial charge is 0.511 e. The number of imidazole rings is 1. The minimum atomic E-state index is -1.39. The summed E-state index contributed by atoms with van der Waals surface area (Å²) in [6.07, 6.45) is -4.97. The highest BCUT2D eigenvalue weighted by atomic mass is 35.5. The van der Waals surface area contributed by atoms with Crippen LogP contribution in [0.5, 0.6) is 0 Å². The Balaban J connectivity index is 1.06. The van der Waals surface area contributed by atoms with Crippen molar-refractivity contribution in [3.05, 3.63) is 80.9 Å². The van der Waals surface area contributed by atoms with Crippen LogP contribution in [0.3, 0.4) is 0 Å². The number of esters is 2. The van der Waals surface area contributed by atoms with Crippen LogP contribution in [0.4, 0.5) is 4.79 Å². The van der Waals surface area contributed by atoms with Gasteiger partial charge in [0.2, 0.25) is 12.1 Å². The molecule has 2 aliphatic rings. The lowest BCUT2D eigenvalue weighted by Crippen LogP contribution is -2.37. The number of tetrazole rings is 1. The molecule has 3 unspecified atom stereocenters. The number of unbranched alkanes of at least 4 members (excludes halogenated alkanes) is 1. The summed E-state index contributed by atoms with van der Waals surface area (Å²) in [5, 5.41) is 23.8. The van der Waals surface area contributed by atoms with Crippen molar-refractivity contribution in [1.82, 2.24) is 30.2 Å². The van der Waals surface area contributed by atoms with Crippen molar-refractivity contribution in [3.63, 3.8) is 0 Å². The molecular formula is C35H38ClN7O12. The molecule has 4 heterocycles. The Kier molecular flexibility index (Phi) is 12.5. The summed E-state index contributed by atoms with van der Waals surface area (Å²) in [4.78, 5) is 57.8. The van der Waals surface area contributed by atoms with Crippen LogP contribution < -0.4 is 0 Å². The molecule has 6 rings (SSSR count). The number of fused-ring (bicyclic) bond motifs is 1. The Hall–Kier alpha value is -5.66. The molecule has 2 fully saturated rings. The Morgan fingerprint density at radius 3 is 2.36 bits per heavy atom. The van der Waals surface area contributed by atoms with E-state index in [1.54, 1.807) is 4.57 Å². The van der Waals surface area contributed by atoms with E-state index in [9.17, 15) is 24.5 Å². The monoisotopic (exact) mass is 783 g/mol. The molecule has 4 aromatic rings. The van der Waals surface area contributed by atoms with Crippen molar-refractivity contribution in [2.45, 2.75) is 89.8 Å². The third kappa shape index (κ3) is 9.53. The van der Waals surface area contributed by atoms with Crippen LogP contribution in [0.2, 0.25) is 5.15 Å². The van der Waals surface area contributed by atoms with Crippen LogP contribution in [0.1, 0.15) is 61.9 Å². The summed E-state index contributed by atoms with van der Waals surface area (Å²) in [7, 11) is 0. The smallest absolute Gasteiger partial charge is 0.457 e. The summed E-state index contributed by atoms with van der Waals surface area (Å²) < 4.78 is 34.5. The van der Waals surface area contributed by atoms with Gasteiger partial charge in [-0.2, -0.15) is 5.21 Å². The molecule has 1 N–H and O–H groups in total. The van der Waals surface area contributed by atoms with Gasteiger partial charge < -0.3 is 37.8 Å². The van der Waals surface area contributed by atoms with Gasteiger partial charge in [-0.25, -0.2) is 14.6 Å². The van der Waals surface area contributed by atoms with Crippen molar-refractivity contribution in [3.8, 4) is 22.5 Å². The van der Waals surface area contributed by atoms with Crippen molar-refractivity contribution < 1.29 is 52.7 Å². The third-order valence-electron chi connectivity index (χ3n) is 8.82. The van der Waals surface area contributed by atoms with Gasteiger partial charge in [0.25, 0.3) is 5.09 Å². The zero-order valence-electron chi connectivity index (χ0n) is 30.0. The summed E-state index contributed by atoms with van der Waals surface area (Å²) in [5.74, 6) is -0.549. The predicted octanol–water partition coefficient (Wildman–Crippen LogP) is 4.50. The maximum atomic E-state index is 13.5. The number of benzene rings is 2. The summed E-state index contributed by atoms with van der Waals surface area (Å²) >= 11 is 6.53. The number of nitrogens with one attached hydrogen (secondary N) is 1. The standard InChI is InChI=1S/C35H38ClN7O12/c1-4-5-10-27-37-32(36)29(42(27)16-21-11-13-22(14-12-21)23-8-6-7-9-24(23)33-38-40-41-39-33)34(45)51-20(3)52-35(46)54-26-18-50-30-25(17-49-31(26)30)53-28(44)15-19(2)55-43(47)48/h6-9,11-14,19-20,25-26,30-31H,4-5,10,15-18H2,1-3H3,(H,38,39,40,41)/t19-,20?,25+,26+,30?,31?/m0/s1. The maximum absolute atomic E-state index is 13.5. The molecular weight excluding hydrogens is 746 g/mol. The van der Waals surface area contributed by atoms with Crippen molar-refractivity contribution >= 4 is 29.7 Å². The molecule has 20 heteroatoms. The lowest BCUT2D eigenvalue weighted by atomic mass is 9.98. The van der Waals surface area contributed by atoms with Crippen LogP contribution in [0, 0.1) is 10.1 Å². The predicted molar refractivity (Wildman–Crippen MR) is 188 cm³/mol. The number of nitrogens with zero attached hydrogens (tertiary/aromatic N) is 6. The first-order valence-corrected chi connectivity index (χ1v) is 17.9. The van der Waals surface area contributed by atoms with E-state index in [2.05, 4.69) is 30.4 Å². The number of carbonyl (C=O) groups is 3. The highest BCUT2D eigenvalue weighted by Gasteiger charge is 2.51. The normalized spacial score (nSPS) is 19.9. The van der Waals surface area contributed by atoms with Crippen LogP contribution in [0.15, 0.2) is 48.5 Å². The minimum Gasteiger partial charge on any atom is -0.457 e. The van der Waals surface area contributed by atoms with E-state index in [1.165, 1.54) is 13.8 Å². The first-order valence-electron chi connectivity index (χ1n) is 17.5. The van der Waals surface area contributed by atoms with Gasteiger partial charge in [-0.15, -0.1) is 20.3 Å². The Labute approximate surface area is 318 Å². The highest BCUT2D eigenvalue weighted by molar-refractivity contribution is 6.32. The van der Waals surface area contributed by atoms with Gasteiger partial charge in [0, 0.05) is 25.5 Å². The van der Waals surface area contributed by atoms with Crippen molar-refractivity contribution in [1.29, 1.82) is 0 Å². The zero-order chi connectivity index (χ0) is 39.1. The van der Waals surface area contributed by atoms with E-state index in [-0.39, 0.29) is 37.0 Å². The first kappa shape index (κ1) is 39.0. The lowest BCUT2D eigenvalue weighted by Gasteiger charge is -2.19. The highest BCUT2D eigenvalue weighted by Crippen LogP contribution is 2.32. The van der Waals surface area contributed by atoms with Crippen LogP contribution in [0.25, 0.3) is 22.5 Å². The third-order valence-corrected chi connectivity index (χ3v) is 9.08. The van der Waals surface area contributed by atoms with E-state index in [0.717, 1.165) is 35.1 Å². The number of H-pyrrole nitrogens is 1. The number of hydrogen-bond donors (Lipinski definition) is 1. The number of ether oxygens (including phenoxy) is 6. The second-order valence-electron chi connectivity index (χ2n) is 12.8. The van der Waals surface area contributed by atoms with E-state index >= 15 is 0 Å². The number of halogens is 1. The van der Waals surface area contributed by atoms with Crippen molar-refractivity contribution in [2.24, 2.45) is 0 Å². The molecule has 0 spiro atoms. The van der Waals surface area contributed by atoms with Gasteiger partial charge >= 0.3 is 18.1 Å². The first-order chi connectivity index (χ1) is 26.5. The maximum Gasteiger partial charge on any atom is 0.511 e. The molecule has 6 atom stereocenters. The molecule has 292 valence electrons. The lowest BCUT2D eigenvalue weighted by molar-refractivity contribution is -0.767. The molecule has 2 aliphatic heterocycles. The van der Waals surface area contributed by atoms with Gasteiger partial charge in [-0.05, 0) is 35.2 Å². The Morgan fingerprint density at radius 2 is 1.71 bits per heavy atom. The van der Waals surface area contributed by atoms with Crippen LogP contribution in [-0.4, -0.2) is 103 Å². The topological polar surface area (TPSA) is 231 Å². The van der Waals surface area contributed by atoms with Gasteiger partial charge in [0.1, 0.15) is 24.1 Å². The Bertz CT molecular complexity index is 1980. The van der Waals surface area contributed by atoms with Gasteiger partial charge in [0.15, 0.2) is 23.1 Å². The summed E-state index contributed by atoms with van der Waals surface area (Å²) in [6.45, 7) is 4.85. The Morgan fingerprint density at radius 1 is 1.02 bits per heavy atom. The molecule has 0 saturated carbocycles. The van der Waals surface area contributed by atoms with Crippen LogP contribution in [-0.2, 0) is 51.0 Å². The SMILES string of the molecule is CCCCc1nc(Cl)c(C(=O)OC(C)OC(=O)O[C@@H]2COC3C2OC[C@H]3OC(=O)C[C@H](C)O[N+](=O)[O-])n1Cc1ccc(-c2ccccc2-c2nn[nH]n2)cc1. The quantitative estimate of drug-likeness (QED) is 0.0542. The molecule has 55 heavy (non-hydrogen) atoms. The summed E-state index contributed by atoms with van der Waals surface area (Å²) in [5.41, 5.74) is 3.50. The number of aromatic nitrogens is 6. The molecule has 19 nitrogen and oxygen atoms in total. The fourth-order valence-corrected chi connectivity index (χ4v) is 6.60. The molecule has 2 aromatic carbocycles. The van der Waals surface area contributed by atoms with Gasteiger partial charge in [-0.3, -0.25) is 4.79 Å². The van der Waals surface area contributed by atoms with E-state index in [0.29, 0.717) is 18.1 Å². The molecule has 2 aromatic heterocycles. The molecule has 0 aliphatic carbocycles. The number of aryl methyl sites for hydroxylation is 1. The minimum absolute atomic E-state index is 0.00516. The molecule has 0 radical (unpaired) electrons. The molecule has 0 bridgehead atoms. The van der Waals surface area contributed by atoms with Crippen LogP contribution >= 0.6 is 11.6 Å². The second kappa shape index (κ2) is 17.7. The number of aromatic amines is 1. The van der Waals surface area contributed by atoms with E-state index in [4.69, 9.17) is 40.0 Å². The fraction of sp³-hybridized carbons (Fsp3) is 0.457. The number of hydrogen-bond acceptors (Lipinski definition) is 16. The average molecular weight is 784 g/mol. The van der Waals surface area contributed by atoms with Gasteiger partial charge in [-0.1, -0.05) is 73.5 Å². The molecule has 0 amide bonds. The van der Waals surface area contributed by atoms with E-state index in [1.807, 2.05) is 55.5 Å². The fourth-order valence-electron chi connectivity index (χ4n) is 6.32. The molecule has 2 saturated heterocycles.